The Labute approximate surface area is 172 Å². The zero-order valence-electron chi connectivity index (χ0n) is 15.4. The number of hydrogen-bond donors (Lipinski definition) is 1. The lowest BCUT2D eigenvalue weighted by Crippen LogP contribution is -2.27. The standard InChI is InChI=1S/C20H20ClN3O3S/c1-26-17-8-4-15(5-9-17)12-19-23-24-20(27-19)28-13-18(25)22-11-10-14-2-6-16(21)7-3-14/h2-9H,10-13H2,1H3,(H,22,25). The molecule has 0 aliphatic heterocycles. The summed E-state index contributed by atoms with van der Waals surface area (Å²) in [6, 6.07) is 15.2. The maximum atomic E-state index is 12.0. The predicted octanol–water partition coefficient (Wildman–Crippen LogP) is 3.77. The van der Waals surface area contributed by atoms with Crippen LogP contribution in [0.4, 0.5) is 0 Å². The van der Waals surface area contributed by atoms with Gasteiger partial charge in [0.1, 0.15) is 5.75 Å². The third-order valence-electron chi connectivity index (χ3n) is 3.94. The molecule has 1 N–H and O–H groups in total. The second-order valence-electron chi connectivity index (χ2n) is 6.00. The van der Waals surface area contributed by atoms with Gasteiger partial charge in [-0.05, 0) is 41.8 Å². The summed E-state index contributed by atoms with van der Waals surface area (Å²) in [6.07, 6.45) is 1.28. The maximum Gasteiger partial charge on any atom is 0.277 e. The lowest BCUT2D eigenvalue weighted by Gasteiger charge is -2.04. The highest BCUT2D eigenvalue weighted by Gasteiger charge is 2.10. The monoisotopic (exact) mass is 417 g/mol. The van der Waals surface area contributed by atoms with Gasteiger partial charge in [0, 0.05) is 11.6 Å². The predicted molar refractivity (Wildman–Crippen MR) is 109 cm³/mol. The molecule has 0 aliphatic carbocycles. The van der Waals surface area contributed by atoms with Gasteiger partial charge < -0.3 is 14.5 Å². The fourth-order valence-electron chi connectivity index (χ4n) is 2.46. The first-order valence-corrected chi connectivity index (χ1v) is 10.1. The van der Waals surface area contributed by atoms with Gasteiger partial charge in [-0.3, -0.25) is 4.79 Å². The zero-order chi connectivity index (χ0) is 19.8. The van der Waals surface area contributed by atoms with Gasteiger partial charge in [0.15, 0.2) is 0 Å². The fraction of sp³-hybridized carbons (Fsp3) is 0.250. The molecule has 3 rings (SSSR count). The Kier molecular flexibility index (Phi) is 7.33. The van der Waals surface area contributed by atoms with Crippen LogP contribution in [0.5, 0.6) is 5.75 Å². The molecule has 146 valence electrons. The van der Waals surface area contributed by atoms with Crippen LogP contribution >= 0.6 is 23.4 Å². The Morgan fingerprint density at radius 1 is 1.11 bits per heavy atom. The summed E-state index contributed by atoms with van der Waals surface area (Å²) in [4.78, 5) is 12.0. The Hall–Kier alpha value is -2.51. The average molecular weight is 418 g/mol. The molecular weight excluding hydrogens is 398 g/mol. The molecule has 2 aromatic carbocycles. The van der Waals surface area contributed by atoms with Crippen LogP contribution in [0.3, 0.4) is 0 Å². The minimum atomic E-state index is -0.0751. The van der Waals surface area contributed by atoms with Crippen molar-refractivity contribution in [3.8, 4) is 5.75 Å². The average Bonchev–Trinajstić information content (AvgIpc) is 3.16. The van der Waals surface area contributed by atoms with E-state index in [0.717, 1.165) is 23.3 Å². The first-order chi connectivity index (χ1) is 13.6. The molecule has 6 nitrogen and oxygen atoms in total. The summed E-state index contributed by atoms with van der Waals surface area (Å²) in [7, 11) is 1.63. The SMILES string of the molecule is COc1ccc(Cc2nnc(SCC(=O)NCCc3ccc(Cl)cc3)o2)cc1. The number of rotatable bonds is 9. The van der Waals surface area contributed by atoms with Crippen molar-refractivity contribution >= 4 is 29.3 Å². The van der Waals surface area contributed by atoms with E-state index in [9.17, 15) is 4.79 Å². The van der Waals surface area contributed by atoms with E-state index in [4.69, 9.17) is 20.8 Å². The van der Waals surface area contributed by atoms with Gasteiger partial charge in [0.2, 0.25) is 11.8 Å². The van der Waals surface area contributed by atoms with E-state index in [1.54, 1.807) is 7.11 Å². The van der Waals surface area contributed by atoms with Crippen molar-refractivity contribution < 1.29 is 13.9 Å². The van der Waals surface area contributed by atoms with Crippen molar-refractivity contribution in [2.75, 3.05) is 19.4 Å². The Balaban J connectivity index is 1.39. The number of halogens is 1. The van der Waals surface area contributed by atoms with Gasteiger partial charge in [-0.15, -0.1) is 10.2 Å². The molecule has 1 aromatic heterocycles. The topological polar surface area (TPSA) is 77.2 Å². The van der Waals surface area contributed by atoms with Crippen LogP contribution in [0.15, 0.2) is 58.2 Å². The Morgan fingerprint density at radius 2 is 1.82 bits per heavy atom. The number of carbonyl (C=O) groups is 1. The zero-order valence-corrected chi connectivity index (χ0v) is 16.9. The van der Waals surface area contributed by atoms with Gasteiger partial charge in [0.25, 0.3) is 5.22 Å². The molecule has 0 atom stereocenters. The normalized spacial score (nSPS) is 10.6. The van der Waals surface area contributed by atoms with Gasteiger partial charge >= 0.3 is 0 Å². The molecule has 0 saturated heterocycles. The highest BCUT2D eigenvalue weighted by molar-refractivity contribution is 7.99. The van der Waals surface area contributed by atoms with Crippen LogP contribution in [0, 0.1) is 0 Å². The van der Waals surface area contributed by atoms with Crippen LogP contribution in [-0.4, -0.2) is 35.5 Å². The van der Waals surface area contributed by atoms with Crippen molar-refractivity contribution in [3.05, 3.63) is 70.6 Å². The molecule has 8 heteroatoms. The molecule has 0 unspecified atom stereocenters. The smallest absolute Gasteiger partial charge is 0.277 e. The summed E-state index contributed by atoms with van der Waals surface area (Å²) < 4.78 is 10.7. The summed E-state index contributed by atoms with van der Waals surface area (Å²) in [5, 5.41) is 12.0. The number of nitrogens with one attached hydrogen (secondary N) is 1. The highest BCUT2D eigenvalue weighted by Crippen LogP contribution is 2.19. The van der Waals surface area contributed by atoms with E-state index < -0.39 is 0 Å². The minimum absolute atomic E-state index is 0.0751. The van der Waals surface area contributed by atoms with Gasteiger partial charge in [-0.25, -0.2) is 0 Å². The molecule has 0 bridgehead atoms. The van der Waals surface area contributed by atoms with E-state index in [2.05, 4.69) is 15.5 Å². The number of ether oxygens (including phenoxy) is 1. The Morgan fingerprint density at radius 3 is 2.54 bits per heavy atom. The maximum absolute atomic E-state index is 12.0. The summed E-state index contributed by atoms with van der Waals surface area (Å²) in [5.41, 5.74) is 2.17. The lowest BCUT2D eigenvalue weighted by atomic mass is 10.1. The Bertz CT molecular complexity index is 898. The first kappa shape index (κ1) is 20.2. The minimum Gasteiger partial charge on any atom is -0.497 e. The molecule has 1 heterocycles. The third kappa shape index (κ3) is 6.28. The third-order valence-corrected chi connectivity index (χ3v) is 5.01. The second kappa shape index (κ2) is 10.1. The van der Waals surface area contributed by atoms with E-state index >= 15 is 0 Å². The van der Waals surface area contributed by atoms with Crippen molar-refractivity contribution in [1.29, 1.82) is 0 Å². The number of thioether (sulfide) groups is 1. The molecular formula is C20H20ClN3O3S. The van der Waals surface area contributed by atoms with E-state index in [1.807, 2.05) is 48.5 Å². The number of carbonyl (C=O) groups excluding carboxylic acids is 1. The van der Waals surface area contributed by atoms with Crippen molar-refractivity contribution in [1.82, 2.24) is 15.5 Å². The molecule has 0 radical (unpaired) electrons. The molecule has 0 aliphatic rings. The van der Waals surface area contributed by atoms with Gasteiger partial charge in [0.05, 0.1) is 19.3 Å². The van der Waals surface area contributed by atoms with E-state index in [-0.39, 0.29) is 11.7 Å². The summed E-state index contributed by atoms with van der Waals surface area (Å²) in [5.74, 6) is 1.46. The van der Waals surface area contributed by atoms with Crippen molar-refractivity contribution in [2.24, 2.45) is 0 Å². The molecule has 28 heavy (non-hydrogen) atoms. The number of methoxy groups -OCH3 is 1. The van der Waals surface area contributed by atoms with Crippen LogP contribution in [0.25, 0.3) is 0 Å². The van der Waals surface area contributed by atoms with Crippen molar-refractivity contribution in [3.63, 3.8) is 0 Å². The molecule has 0 spiro atoms. The van der Waals surface area contributed by atoms with E-state index in [1.165, 1.54) is 11.8 Å². The number of nitrogens with zero attached hydrogens (tertiary/aromatic N) is 2. The molecule has 0 fully saturated rings. The fourth-order valence-corrected chi connectivity index (χ4v) is 3.20. The van der Waals surface area contributed by atoms with Crippen LogP contribution in [0.2, 0.25) is 5.02 Å². The molecule has 0 saturated carbocycles. The quantitative estimate of drug-likeness (QED) is 0.534. The van der Waals surface area contributed by atoms with Crippen LogP contribution in [-0.2, 0) is 17.6 Å². The number of benzene rings is 2. The largest absolute Gasteiger partial charge is 0.497 e. The first-order valence-electron chi connectivity index (χ1n) is 8.71. The van der Waals surface area contributed by atoms with Crippen molar-refractivity contribution in [2.45, 2.75) is 18.1 Å². The summed E-state index contributed by atoms with van der Waals surface area (Å²) >= 11 is 7.08. The lowest BCUT2D eigenvalue weighted by molar-refractivity contribution is -0.118. The highest BCUT2D eigenvalue weighted by atomic mass is 35.5. The number of amides is 1. The molecule has 3 aromatic rings. The van der Waals surface area contributed by atoms with Gasteiger partial charge in [-0.2, -0.15) is 0 Å². The van der Waals surface area contributed by atoms with E-state index in [0.29, 0.717) is 29.1 Å². The second-order valence-corrected chi connectivity index (χ2v) is 7.36. The van der Waals surface area contributed by atoms with Crippen LogP contribution in [0.1, 0.15) is 17.0 Å². The molecule has 1 amide bonds. The number of hydrogen-bond acceptors (Lipinski definition) is 6. The number of aromatic nitrogens is 2. The summed E-state index contributed by atoms with van der Waals surface area (Å²) in [6.45, 7) is 0.563. The van der Waals surface area contributed by atoms with Gasteiger partial charge in [-0.1, -0.05) is 47.6 Å². The van der Waals surface area contributed by atoms with Crippen LogP contribution < -0.4 is 10.1 Å².